The number of H-pyrrole nitrogens is 1. The summed E-state index contributed by atoms with van der Waals surface area (Å²) in [6, 6.07) is 0. The predicted molar refractivity (Wildman–Crippen MR) is 47.7 cm³/mol. The third-order valence-electron chi connectivity index (χ3n) is 1.99. The molecule has 0 fully saturated rings. The third kappa shape index (κ3) is 1.06. The molecule has 2 rings (SSSR count). The second-order valence-electron chi connectivity index (χ2n) is 2.83. The maximum atomic E-state index is 11.4. The zero-order valence-electron chi connectivity index (χ0n) is 7.50. The van der Waals surface area contributed by atoms with Crippen LogP contribution in [-0.2, 0) is 7.05 Å². The average Bonchev–Trinajstić information content (AvgIpc) is 2.62. The van der Waals surface area contributed by atoms with Crippen molar-refractivity contribution in [1.82, 2.24) is 19.2 Å². The average molecular weight is 211 g/mol. The van der Waals surface area contributed by atoms with Crippen molar-refractivity contribution in [3.8, 4) is 0 Å². The summed E-state index contributed by atoms with van der Waals surface area (Å²) in [5.41, 5.74) is -2.56. The topological polar surface area (TPSA) is 115 Å². The van der Waals surface area contributed by atoms with Crippen molar-refractivity contribution in [3.05, 3.63) is 37.3 Å². The summed E-state index contributed by atoms with van der Waals surface area (Å²) in [6.45, 7) is 0. The highest BCUT2D eigenvalue weighted by Gasteiger charge is 2.23. The lowest BCUT2D eigenvalue weighted by Crippen LogP contribution is -2.36. The van der Waals surface area contributed by atoms with Gasteiger partial charge in [0.05, 0.1) is 4.92 Å². The summed E-state index contributed by atoms with van der Waals surface area (Å²) < 4.78 is 1.56. The van der Waals surface area contributed by atoms with E-state index in [1.807, 2.05) is 0 Å². The number of hydrogen-bond acceptors (Lipinski definition) is 5. The van der Waals surface area contributed by atoms with Gasteiger partial charge in [0.1, 0.15) is 6.33 Å². The second kappa shape index (κ2) is 2.77. The molecule has 0 radical (unpaired) electrons. The number of rotatable bonds is 1. The molecule has 9 nitrogen and oxygen atoms in total. The van der Waals surface area contributed by atoms with E-state index in [2.05, 4.69) is 10.2 Å². The second-order valence-corrected chi connectivity index (χ2v) is 2.83. The molecule has 15 heavy (non-hydrogen) atoms. The Morgan fingerprint density at radius 1 is 1.53 bits per heavy atom. The van der Waals surface area contributed by atoms with Crippen LogP contribution >= 0.6 is 0 Å². The third-order valence-corrected chi connectivity index (χ3v) is 1.99. The van der Waals surface area contributed by atoms with Crippen LogP contribution in [0.1, 0.15) is 0 Å². The van der Waals surface area contributed by atoms with E-state index in [9.17, 15) is 19.7 Å². The minimum Gasteiger partial charge on any atom is -0.261 e. The molecule has 2 heterocycles. The largest absolute Gasteiger partial charge is 0.376 e. The molecule has 0 aliphatic heterocycles. The SMILES string of the molecule is Cn1c(=O)c([N+](=O)[O-])c2[nH]ncn2c1=O. The molecule has 0 unspecified atom stereocenters. The van der Waals surface area contributed by atoms with Crippen LogP contribution in [0.2, 0.25) is 0 Å². The fraction of sp³-hybridized carbons (Fsp3) is 0.167. The van der Waals surface area contributed by atoms with Crippen molar-refractivity contribution in [2.24, 2.45) is 7.05 Å². The Morgan fingerprint density at radius 2 is 2.20 bits per heavy atom. The van der Waals surface area contributed by atoms with Crippen LogP contribution in [0.3, 0.4) is 0 Å². The van der Waals surface area contributed by atoms with Crippen LogP contribution in [0.15, 0.2) is 15.9 Å². The maximum absolute atomic E-state index is 11.4. The van der Waals surface area contributed by atoms with Gasteiger partial charge in [-0.15, -0.1) is 0 Å². The molecule has 9 heteroatoms. The number of hydrogen-bond donors (Lipinski definition) is 1. The molecule has 0 spiro atoms. The Labute approximate surface area is 80.7 Å². The molecule has 1 N–H and O–H groups in total. The van der Waals surface area contributed by atoms with Crippen LogP contribution in [0.5, 0.6) is 0 Å². The van der Waals surface area contributed by atoms with Gasteiger partial charge >= 0.3 is 16.9 Å². The van der Waals surface area contributed by atoms with Crippen LogP contribution in [0.25, 0.3) is 5.65 Å². The zero-order valence-corrected chi connectivity index (χ0v) is 7.50. The highest BCUT2D eigenvalue weighted by molar-refractivity contribution is 5.56. The number of nitro groups is 1. The molecule has 0 saturated carbocycles. The molecule has 78 valence electrons. The Kier molecular flexibility index (Phi) is 1.68. The highest BCUT2D eigenvalue weighted by atomic mass is 16.6. The lowest BCUT2D eigenvalue weighted by molar-refractivity contribution is -0.385. The first kappa shape index (κ1) is 9.12. The first-order chi connectivity index (χ1) is 7.04. The van der Waals surface area contributed by atoms with E-state index < -0.39 is 21.9 Å². The first-order valence-corrected chi connectivity index (χ1v) is 3.83. The van der Waals surface area contributed by atoms with Crippen molar-refractivity contribution in [3.63, 3.8) is 0 Å². The van der Waals surface area contributed by atoms with E-state index in [4.69, 9.17) is 0 Å². The molecule has 2 aromatic rings. The molecule has 0 amide bonds. The monoisotopic (exact) mass is 211 g/mol. The van der Waals surface area contributed by atoms with Gasteiger partial charge in [0.2, 0.25) is 5.65 Å². The Hall–Kier alpha value is -2.45. The lowest BCUT2D eigenvalue weighted by atomic mass is 10.5. The van der Waals surface area contributed by atoms with E-state index in [0.717, 1.165) is 17.8 Å². The number of aromatic amines is 1. The van der Waals surface area contributed by atoms with Gasteiger partial charge in [-0.3, -0.25) is 24.6 Å². The Morgan fingerprint density at radius 3 is 2.80 bits per heavy atom. The fourth-order valence-corrected chi connectivity index (χ4v) is 1.24. The van der Waals surface area contributed by atoms with E-state index >= 15 is 0 Å². The molecule has 0 bridgehead atoms. The number of nitrogens with one attached hydrogen (secondary N) is 1. The summed E-state index contributed by atoms with van der Waals surface area (Å²) in [5, 5.41) is 16.3. The molecule has 0 aliphatic carbocycles. The van der Waals surface area contributed by atoms with Gasteiger partial charge in [0.15, 0.2) is 0 Å². The molecule has 2 aromatic heterocycles. The number of nitrogens with zero attached hydrogens (tertiary/aromatic N) is 4. The Bertz CT molecular complexity index is 662. The van der Waals surface area contributed by atoms with Gasteiger partial charge in [-0.1, -0.05) is 0 Å². The lowest BCUT2D eigenvalue weighted by Gasteiger charge is -1.97. The van der Waals surface area contributed by atoms with Crippen LogP contribution < -0.4 is 11.2 Å². The normalized spacial score (nSPS) is 10.7. The quantitative estimate of drug-likeness (QED) is 0.461. The van der Waals surface area contributed by atoms with E-state index in [1.54, 1.807) is 0 Å². The standard InChI is InChI=1S/C6H5N5O4/c1-9-5(12)3(11(14)15)4-8-7-2-10(4)6(9)13/h2,8H,1H3. The molecule has 0 saturated heterocycles. The van der Waals surface area contributed by atoms with Gasteiger partial charge in [-0.25, -0.2) is 9.20 Å². The van der Waals surface area contributed by atoms with Crippen LogP contribution in [0.4, 0.5) is 5.69 Å². The summed E-state index contributed by atoms with van der Waals surface area (Å²) in [4.78, 5) is 32.6. The smallest absolute Gasteiger partial charge is 0.261 e. The van der Waals surface area contributed by atoms with Gasteiger partial charge in [-0.05, 0) is 0 Å². The highest BCUT2D eigenvalue weighted by Crippen LogP contribution is 2.08. The van der Waals surface area contributed by atoms with Crippen LogP contribution in [-0.4, -0.2) is 24.1 Å². The first-order valence-electron chi connectivity index (χ1n) is 3.83. The summed E-state index contributed by atoms with van der Waals surface area (Å²) in [7, 11) is 1.16. The summed E-state index contributed by atoms with van der Waals surface area (Å²) in [5.74, 6) is 0. The minimum atomic E-state index is -0.964. The molecular weight excluding hydrogens is 206 g/mol. The van der Waals surface area contributed by atoms with Gasteiger partial charge in [-0.2, -0.15) is 5.10 Å². The van der Waals surface area contributed by atoms with Gasteiger partial charge < -0.3 is 0 Å². The molecule has 0 aliphatic rings. The van der Waals surface area contributed by atoms with E-state index in [1.165, 1.54) is 0 Å². The predicted octanol–water partition coefficient (Wildman–Crippen LogP) is -1.37. The molecule has 0 atom stereocenters. The van der Waals surface area contributed by atoms with Crippen molar-refractivity contribution in [2.75, 3.05) is 0 Å². The van der Waals surface area contributed by atoms with Crippen molar-refractivity contribution in [2.45, 2.75) is 0 Å². The van der Waals surface area contributed by atoms with Crippen LogP contribution in [0, 0.1) is 10.1 Å². The van der Waals surface area contributed by atoms with Crippen molar-refractivity contribution >= 4 is 11.3 Å². The molecular formula is C6H5N5O4. The fourth-order valence-electron chi connectivity index (χ4n) is 1.24. The van der Waals surface area contributed by atoms with Gasteiger partial charge in [0.25, 0.3) is 0 Å². The van der Waals surface area contributed by atoms with E-state index in [0.29, 0.717) is 4.57 Å². The van der Waals surface area contributed by atoms with Crippen molar-refractivity contribution < 1.29 is 4.92 Å². The zero-order chi connectivity index (χ0) is 11.2. The van der Waals surface area contributed by atoms with E-state index in [-0.39, 0.29) is 5.65 Å². The summed E-state index contributed by atoms with van der Waals surface area (Å²) >= 11 is 0. The number of aromatic nitrogens is 4. The van der Waals surface area contributed by atoms with Gasteiger partial charge in [0, 0.05) is 7.05 Å². The minimum absolute atomic E-state index is 0.215. The van der Waals surface area contributed by atoms with Crippen molar-refractivity contribution in [1.29, 1.82) is 0 Å². The Balaban J connectivity index is 3.15. The maximum Gasteiger partial charge on any atom is 0.376 e. The summed E-state index contributed by atoms with van der Waals surface area (Å²) in [6.07, 6.45) is 1.07. The molecule has 0 aromatic carbocycles. The number of fused-ring (bicyclic) bond motifs is 1.